The van der Waals surface area contributed by atoms with Gasteiger partial charge >= 0.3 is 0 Å². The van der Waals surface area contributed by atoms with Gasteiger partial charge in [0.05, 0.1) is 5.02 Å². The van der Waals surface area contributed by atoms with E-state index in [1.54, 1.807) is 25.1 Å². The highest BCUT2D eigenvalue weighted by molar-refractivity contribution is 6.38. The van der Waals surface area contributed by atoms with Crippen LogP contribution >= 0.6 is 23.2 Å². The predicted octanol–water partition coefficient (Wildman–Crippen LogP) is 4.72. The molecule has 0 aliphatic heterocycles. The van der Waals surface area contributed by atoms with E-state index in [0.29, 0.717) is 21.4 Å². The average molecular weight is 240 g/mol. The first-order chi connectivity index (χ1) is 7.11. The summed E-state index contributed by atoms with van der Waals surface area (Å²) in [7, 11) is 0. The molecule has 0 fully saturated rings. The summed E-state index contributed by atoms with van der Waals surface area (Å²) in [5, 5.41) is 1.87. The van der Waals surface area contributed by atoms with Crippen molar-refractivity contribution in [3.8, 4) is 0 Å². The molecule has 1 atom stereocenters. The maximum atomic E-state index is 6.92. The number of hydrogen-bond donors (Lipinski definition) is 0. The molecule has 2 aromatic rings. The zero-order chi connectivity index (χ0) is 11.0. The summed E-state index contributed by atoms with van der Waals surface area (Å²) in [6, 6.07) is 4.90. The van der Waals surface area contributed by atoms with E-state index in [1.807, 2.05) is 0 Å². The van der Waals surface area contributed by atoms with Gasteiger partial charge < -0.3 is 9.26 Å². The fraction of sp³-hybridized carbons (Fsp3) is 0.182. The van der Waals surface area contributed by atoms with Crippen LogP contribution in [0.15, 0.2) is 22.6 Å². The van der Waals surface area contributed by atoms with Crippen molar-refractivity contribution in [1.82, 2.24) is 0 Å². The molecule has 2 rings (SSSR count). The van der Waals surface area contributed by atoms with Gasteiger partial charge in [0.1, 0.15) is 0 Å². The highest BCUT2D eigenvalue weighted by Crippen LogP contribution is 2.33. The van der Waals surface area contributed by atoms with Gasteiger partial charge in [-0.25, -0.2) is 6.57 Å². The molecule has 0 N–H and O–H groups in total. The van der Waals surface area contributed by atoms with E-state index in [2.05, 4.69) is 4.85 Å². The monoisotopic (exact) mass is 239 g/mol. The first-order valence-corrected chi connectivity index (χ1v) is 5.12. The number of benzene rings is 1. The zero-order valence-corrected chi connectivity index (χ0v) is 9.43. The Morgan fingerprint density at radius 3 is 2.73 bits per heavy atom. The van der Waals surface area contributed by atoms with Crippen molar-refractivity contribution >= 4 is 34.2 Å². The van der Waals surface area contributed by atoms with Gasteiger partial charge in [-0.15, -0.1) is 0 Å². The van der Waals surface area contributed by atoms with Crippen molar-refractivity contribution in [2.75, 3.05) is 0 Å². The second kappa shape index (κ2) is 3.77. The first-order valence-electron chi connectivity index (χ1n) is 4.37. The maximum absolute atomic E-state index is 6.92. The van der Waals surface area contributed by atoms with E-state index in [0.717, 1.165) is 5.39 Å². The largest absolute Gasteiger partial charge is 0.451 e. The van der Waals surface area contributed by atoms with Crippen LogP contribution in [0, 0.1) is 6.57 Å². The van der Waals surface area contributed by atoms with Crippen LogP contribution in [-0.4, -0.2) is 0 Å². The molecule has 0 saturated heterocycles. The summed E-state index contributed by atoms with van der Waals surface area (Å²) < 4.78 is 5.50. The lowest BCUT2D eigenvalue weighted by molar-refractivity contribution is 0.536. The van der Waals surface area contributed by atoms with Gasteiger partial charge in [-0.3, -0.25) is 0 Å². The molecule has 1 heterocycles. The van der Waals surface area contributed by atoms with Crippen LogP contribution in [0.25, 0.3) is 15.8 Å². The van der Waals surface area contributed by atoms with E-state index in [9.17, 15) is 0 Å². The van der Waals surface area contributed by atoms with Crippen molar-refractivity contribution in [3.05, 3.63) is 45.4 Å². The minimum absolute atomic E-state index is 0.299. The van der Waals surface area contributed by atoms with Gasteiger partial charge in [0.25, 0.3) is 6.04 Å². The molecule has 1 unspecified atom stereocenters. The lowest BCUT2D eigenvalue weighted by Gasteiger charge is -1.93. The number of rotatable bonds is 1. The Morgan fingerprint density at radius 1 is 1.33 bits per heavy atom. The number of furan rings is 1. The van der Waals surface area contributed by atoms with Crippen LogP contribution in [0.4, 0.5) is 0 Å². The average Bonchev–Trinajstić information content (AvgIpc) is 2.60. The second-order valence-corrected chi connectivity index (χ2v) is 4.10. The van der Waals surface area contributed by atoms with Crippen molar-refractivity contribution < 1.29 is 4.42 Å². The predicted molar refractivity (Wildman–Crippen MR) is 61.3 cm³/mol. The normalized spacial score (nSPS) is 12.7. The third-order valence-corrected chi connectivity index (χ3v) is 2.66. The molecule has 0 radical (unpaired) electrons. The Labute approximate surface area is 97.2 Å². The fourth-order valence-corrected chi connectivity index (χ4v) is 1.91. The Balaban J connectivity index is 2.66. The van der Waals surface area contributed by atoms with E-state index in [4.69, 9.17) is 34.2 Å². The molecule has 0 spiro atoms. The summed E-state index contributed by atoms with van der Waals surface area (Å²) in [6.07, 6.45) is 0. The van der Waals surface area contributed by atoms with E-state index in [1.165, 1.54) is 0 Å². The number of nitrogens with zero attached hydrogens (tertiary/aromatic N) is 1. The Morgan fingerprint density at radius 2 is 2.07 bits per heavy atom. The topological polar surface area (TPSA) is 17.5 Å². The molecule has 2 nitrogen and oxygen atoms in total. The lowest BCUT2D eigenvalue weighted by Crippen LogP contribution is -1.80. The Kier molecular flexibility index (Phi) is 2.60. The zero-order valence-electron chi connectivity index (χ0n) is 7.92. The van der Waals surface area contributed by atoms with Crippen LogP contribution in [0.3, 0.4) is 0 Å². The van der Waals surface area contributed by atoms with Crippen molar-refractivity contribution in [2.24, 2.45) is 0 Å². The molecule has 0 saturated carbocycles. The summed E-state index contributed by atoms with van der Waals surface area (Å²) in [5.41, 5.74) is 0.589. The fourth-order valence-electron chi connectivity index (χ4n) is 1.37. The minimum atomic E-state index is -0.299. The molecule has 0 amide bonds. The highest BCUT2D eigenvalue weighted by Gasteiger charge is 2.16. The third-order valence-electron chi connectivity index (χ3n) is 2.16. The van der Waals surface area contributed by atoms with E-state index < -0.39 is 0 Å². The summed E-state index contributed by atoms with van der Waals surface area (Å²) in [5.74, 6) is 0.615. The van der Waals surface area contributed by atoms with Crippen LogP contribution in [0.2, 0.25) is 10.0 Å². The SMILES string of the molecule is [C-]#[N+]C(C)c1cc2cc(Cl)cc(Cl)c2o1. The van der Waals surface area contributed by atoms with Crippen LogP contribution in [-0.2, 0) is 0 Å². The van der Waals surface area contributed by atoms with Gasteiger partial charge in [0.15, 0.2) is 11.3 Å². The molecule has 0 aliphatic rings. The third kappa shape index (κ3) is 1.81. The molecular formula is C11H7Cl2NO. The van der Waals surface area contributed by atoms with Gasteiger partial charge in [0, 0.05) is 17.3 Å². The number of halogens is 2. The number of hydrogen-bond acceptors (Lipinski definition) is 1. The lowest BCUT2D eigenvalue weighted by atomic mass is 10.2. The molecule has 76 valence electrons. The van der Waals surface area contributed by atoms with Gasteiger partial charge in [0.2, 0.25) is 0 Å². The highest BCUT2D eigenvalue weighted by atomic mass is 35.5. The molecular weight excluding hydrogens is 233 g/mol. The molecule has 15 heavy (non-hydrogen) atoms. The van der Waals surface area contributed by atoms with Crippen LogP contribution in [0.1, 0.15) is 18.7 Å². The second-order valence-electron chi connectivity index (χ2n) is 3.26. The maximum Gasteiger partial charge on any atom is 0.277 e. The molecule has 4 heteroatoms. The molecule has 1 aromatic carbocycles. The van der Waals surface area contributed by atoms with Crippen LogP contribution < -0.4 is 0 Å². The van der Waals surface area contributed by atoms with Gasteiger partial charge in [-0.05, 0) is 18.2 Å². The molecule has 0 aliphatic carbocycles. The standard InChI is InChI=1S/C11H7Cl2NO/c1-6(14-2)10-4-7-3-8(12)5-9(13)11(7)15-10/h3-6H,1H3. The van der Waals surface area contributed by atoms with Crippen molar-refractivity contribution in [1.29, 1.82) is 0 Å². The van der Waals surface area contributed by atoms with Crippen molar-refractivity contribution in [3.63, 3.8) is 0 Å². The summed E-state index contributed by atoms with van der Waals surface area (Å²) in [4.78, 5) is 3.39. The molecule has 1 aromatic heterocycles. The van der Waals surface area contributed by atoms with Gasteiger partial charge in [-0.1, -0.05) is 23.2 Å². The quantitative estimate of drug-likeness (QED) is 0.659. The summed E-state index contributed by atoms with van der Waals surface area (Å²) >= 11 is 11.8. The van der Waals surface area contributed by atoms with Crippen LogP contribution in [0.5, 0.6) is 0 Å². The van der Waals surface area contributed by atoms with E-state index in [-0.39, 0.29) is 6.04 Å². The van der Waals surface area contributed by atoms with Gasteiger partial charge in [-0.2, -0.15) is 0 Å². The summed E-state index contributed by atoms with van der Waals surface area (Å²) in [6.45, 7) is 8.70. The molecule has 0 bridgehead atoms. The number of fused-ring (bicyclic) bond motifs is 1. The first kappa shape index (κ1) is 10.4. The Bertz CT molecular complexity index is 553. The Hall–Kier alpha value is -1.17. The van der Waals surface area contributed by atoms with E-state index >= 15 is 0 Å². The smallest absolute Gasteiger partial charge is 0.277 e. The minimum Gasteiger partial charge on any atom is -0.451 e. The van der Waals surface area contributed by atoms with Crippen molar-refractivity contribution in [2.45, 2.75) is 13.0 Å².